The summed E-state index contributed by atoms with van der Waals surface area (Å²) in [5.74, 6) is 1.85. The van der Waals surface area contributed by atoms with Gasteiger partial charge in [0.25, 0.3) is 0 Å². The van der Waals surface area contributed by atoms with Crippen molar-refractivity contribution in [2.24, 2.45) is 11.8 Å². The molecule has 0 aliphatic heterocycles. The Bertz CT molecular complexity index is 96.6. The Hall–Kier alpha value is -0.260. The summed E-state index contributed by atoms with van der Waals surface area (Å²) in [5, 5.41) is 0. The van der Waals surface area contributed by atoms with Crippen molar-refractivity contribution >= 4 is 0 Å². The molecule has 0 aromatic heterocycles. The summed E-state index contributed by atoms with van der Waals surface area (Å²) in [5.41, 5.74) is 0. The van der Waals surface area contributed by atoms with Gasteiger partial charge in [0.1, 0.15) is 0 Å². The highest BCUT2D eigenvalue weighted by Gasteiger charge is 2.20. The molecule has 9 heavy (non-hydrogen) atoms. The van der Waals surface area contributed by atoms with Crippen molar-refractivity contribution < 1.29 is 0 Å². The standard InChI is InChI=1S/C9H16/c1-3-5-8(4-2)9-6-7-9/h6-9H,3-5H2,1-2H3. The first kappa shape index (κ1) is 6.85. The summed E-state index contributed by atoms with van der Waals surface area (Å²) in [6.07, 6.45) is 8.75. The molecule has 0 heteroatoms. The molecule has 1 unspecified atom stereocenters. The fourth-order valence-electron chi connectivity index (χ4n) is 1.42. The number of hydrogen-bond donors (Lipinski definition) is 0. The highest BCUT2D eigenvalue weighted by Crippen LogP contribution is 2.31. The first-order valence-corrected chi connectivity index (χ1v) is 4.06. The van der Waals surface area contributed by atoms with E-state index in [4.69, 9.17) is 0 Å². The number of allylic oxidation sites excluding steroid dienone is 2. The van der Waals surface area contributed by atoms with Crippen LogP contribution in [0.1, 0.15) is 33.1 Å². The Morgan fingerprint density at radius 3 is 2.33 bits per heavy atom. The van der Waals surface area contributed by atoms with E-state index in [1.54, 1.807) is 0 Å². The van der Waals surface area contributed by atoms with Crippen LogP contribution in [0.4, 0.5) is 0 Å². The lowest BCUT2D eigenvalue weighted by Crippen LogP contribution is -2.00. The van der Waals surface area contributed by atoms with Crippen molar-refractivity contribution in [1.82, 2.24) is 0 Å². The molecule has 1 rings (SSSR count). The Kier molecular flexibility index (Phi) is 2.32. The zero-order valence-corrected chi connectivity index (χ0v) is 6.43. The average molecular weight is 124 g/mol. The molecule has 0 fully saturated rings. The molecule has 0 N–H and O–H groups in total. The van der Waals surface area contributed by atoms with E-state index < -0.39 is 0 Å². The van der Waals surface area contributed by atoms with Crippen LogP contribution in [0.5, 0.6) is 0 Å². The smallest absolute Gasteiger partial charge is 0.00249 e. The van der Waals surface area contributed by atoms with Crippen LogP contribution in [0.15, 0.2) is 12.2 Å². The zero-order chi connectivity index (χ0) is 6.69. The highest BCUT2D eigenvalue weighted by molar-refractivity contribution is 5.15. The zero-order valence-electron chi connectivity index (χ0n) is 6.43. The molecular formula is C9H16. The average Bonchev–Trinajstić information content (AvgIpc) is 2.64. The van der Waals surface area contributed by atoms with Crippen molar-refractivity contribution in [3.63, 3.8) is 0 Å². The van der Waals surface area contributed by atoms with Gasteiger partial charge < -0.3 is 0 Å². The van der Waals surface area contributed by atoms with E-state index in [0.717, 1.165) is 11.8 Å². The second-order valence-electron chi connectivity index (χ2n) is 2.92. The second-order valence-corrected chi connectivity index (χ2v) is 2.92. The van der Waals surface area contributed by atoms with Crippen molar-refractivity contribution in [3.8, 4) is 0 Å². The maximum Gasteiger partial charge on any atom is -0.00249 e. The van der Waals surface area contributed by atoms with Crippen molar-refractivity contribution in [3.05, 3.63) is 12.2 Å². The van der Waals surface area contributed by atoms with Gasteiger partial charge in [-0.25, -0.2) is 0 Å². The summed E-state index contributed by atoms with van der Waals surface area (Å²) in [6, 6.07) is 0. The lowest BCUT2D eigenvalue weighted by atomic mass is 9.94. The first-order chi connectivity index (χ1) is 4.38. The van der Waals surface area contributed by atoms with Crippen LogP contribution in [-0.4, -0.2) is 0 Å². The van der Waals surface area contributed by atoms with Crippen LogP contribution >= 0.6 is 0 Å². The van der Waals surface area contributed by atoms with Gasteiger partial charge in [0, 0.05) is 0 Å². The molecule has 0 bridgehead atoms. The Morgan fingerprint density at radius 2 is 2.00 bits per heavy atom. The van der Waals surface area contributed by atoms with Crippen molar-refractivity contribution in [2.45, 2.75) is 33.1 Å². The van der Waals surface area contributed by atoms with Gasteiger partial charge in [-0.1, -0.05) is 38.8 Å². The molecule has 0 aromatic carbocycles. The molecule has 0 saturated heterocycles. The second kappa shape index (κ2) is 3.05. The maximum atomic E-state index is 2.32. The van der Waals surface area contributed by atoms with Gasteiger partial charge in [0.15, 0.2) is 0 Å². The maximum absolute atomic E-state index is 2.32. The van der Waals surface area contributed by atoms with Gasteiger partial charge in [0.2, 0.25) is 0 Å². The van der Waals surface area contributed by atoms with Gasteiger partial charge >= 0.3 is 0 Å². The summed E-state index contributed by atoms with van der Waals surface area (Å²) in [4.78, 5) is 0. The Labute approximate surface area is 58.0 Å². The SMILES string of the molecule is CCCC(CC)C1C=C1. The fraction of sp³-hybridized carbons (Fsp3) is 0.778. The molecule has 0 amide bonds. The summed E-state index contributed by atoms with van der Waals surface area (Å²) < 4.78 is 0. The first-order valence-electron chi connectivity index (χ1n) is 4.06. The minimum absolute atomic E-state index is 0.884. The third-order valence-corrected chi connectivity index (χ3v) is 2.14. The lowest BCUT2D eigenvalue weighted by Gasteiger charge is -2.11. The number of hydrogen-bond acceptors (Lipinski definition) is 0. The van der Waals surface area contributed by atoms with E-state index in [2.05, 4.69) is 26.0 Å². The summed E-state index contributed by atoms with van der Waals surface area (Å²) in [7, 11) is 0. The van der Waals surface area contributed by atoms with E-state index >= 15 is 0 Å². The molecule has 1 atom stereocenters. The van der Waals surface area contributed by atoms with Crippen LogP contribution in [0.25, 0.3) is 0 Å². The molecule has 52 valence electrons. The fourth-order valence-corrected chi connectivity index (χ4v) is 1.42. The monoisotopic (exact) mass is 124 g/mol. The third-order valence-electron chi connectivity index (χ3n) is 2.14. The number of rotatable bonds is 4. The summed E-state index contributed by atoms with van der Waals surface area (Å²) in [6.45, 7) is 4.56. The van der Waals surface area contributed by atoms with E-state index in [0.29, 0.717) is 0 Å². The summed E-state index contributed by atoms with van der Waals surface area (Å²) >= 11 is 0. The topological polar surface area (TPSA) is 0 Å². The minimum Gasteiger partial charge on any atom is -0.0807 e. The van der Waals surface area contributed by atoms with Gasteiger partial charge in [-0.05, 0) is 18.3 Å². The molecule has 0 radical (unpaired) electrons. The lowest BCUT2D eigenvalue weighted by molar-refractivity contribution is 0.433. The van der Waals surface area contributed by atoms with Crippen LogP contribution < -0.4 is 0 Å². The Morgan fingerprint density at radius 1 is 1.33 bits per heavy atom. The van der Waals surface area contributed by atoms with Gasteiger partial charge in [-0.15, -0.1) is 0 Å². The largest absolute Gasteiger partial charge is 0.0807 e. The molecule has 0 spiro atoms. The quantitative estimate of drug-likeness (QED) is 0.505. The van der Waals surface area contributed by atoms with E-state index in [1.807, 2.05) is 0 Å². The van der Waals surface area contributed by atoms with E-state index in [1.165, 1.54) is 19.3 Å². The van der Waals surface area contributed by atoms with Gasteiger partial charge in [-0.3, -0.25) is 0 Å². The Balaban J connectivity index is 2.13. The molecule has 0 saturated carbocycles. The van der Waals surface area contributed by atoms with E-state index in [9.17, 15) is 0 Å². The van der Waals surface area contributed by atoms with Crippen LogP contribution in [0.2, 0.25) is 0 Å². The van der Waals surface area contributed by atoms with Crippen molar-refractivity contribution in [2.75, 3.05) is 0 Å². The highest BCUT2D eigenvalue weighted by atomic mass is 14.3. The third kappa shape index (κ3) is 1.85. The molecule has 1 aliphatic carbocycles. The normalized spacial score (nSPS) is 20.2. The van der Waals surface area contributed by atoms with Crippen LogP contribution in [-0.2, 0) is 0 Å². The molecule has 0 nitrogen and oxygen atoms in total. The molecular weight excluding hydrogens is 108 g/mol. The molecule has 1 aliphatic rings. The van der Waals surface area contributed by atoms with Crippen LogP contribution in [0.3, 0.4) is 0 Å². The van der Waals surface area contributed by atoms with Crippen molar-refractivity contribution in [1.29, 1.82) is 0 Å². The van der Waals surface area contributed by atoms with Gasteiger partial charge in [0.05, 0.1) is 0 Å². The van der Waals surface area contributed by atoms with Gasteiger partial charge in [-0.2, -0.15) is 0 Å². The minimum atomic E-state index is 0.884. The predicted octanol–water partition coefficient (Wildman–Crippen LogP) is 3.00. The van der Waals surface area contributed by atoms with Crippen LogP contribution in [0, 0.1) is 11.8 Å². The predicted molar refractivity (Wildman–Crippen MR) is 41.3 cm³/mol. The molecule has 0 heterocycles. The van der Waals surface area contributed by atoms with E-state index in [-0.39, 0.29) is 0 Å². The molecule has 0 aromatic rings.